The van der Waals surface area contributed by atoms with E-state index in [1.165, 1.54) is 0 Å². The van der Waals surface area contributed by atoms with Crippen molar-refractivity contribution in [2.45, 2.75) is 4.90 Å². The third-order valence-electron chi connectivity index (χ3n) is 1.93. The molecule has 0 spiro atoms. The van der Waals surface area contributed by atoms with Gasteiger partial charge in [-0.15, -0.1) is 11.8 Å². The maximum absolute atomic E-state index is 11.4. The molecule has 0 saturated carbocycles. The lowest BCUT2D eigenvalue weighted by Crippen LogP contribution is -2.36. The van der Waals surface area contributed by atoms with E-state index in [9.17, 15) is 9.59 Å². The van der Waals surface area contributed by atoms with Crippen molar-refractivity contribution in [1.82, 2.24) is 5.32 Å². The van der Waals surface area contributed by atoms with Gasteiger partial charge in [-0.25, -0.2) is 0 Å². The number of aliphatic hydroxyl groups excluding tert-OH is 1. The van der Waals surface area contributed by atoms with Gasteiger partial charge in [0.05, 0.1) is 6.61 Å². The molecule has 0 unspecified atom stereocenters. The standard InChI is InChI=1S/C11H14N2O3S/c1-17-9-4-2-3-8(7-9)13-11(16)10(15)12-5-6-14/h2-4,7,14H,5-6H2,1H3,(H,12,15)(H,13,16). The molecule has 1 aromatic carbocycles. The van der Waals surface area contributed by atoms with Crippen LogP contribution in [0, 0.1) is 0 Å². The molecule has 0 aliphatic rings. The van der Waals surface area contributed by atoms with Crippen LogP contribution in [0.3, 0.4) is 0 Å². The van der Waals surface area contributed by atoms with Crippen molar-refractivity contribution < 1.29 is 14.7 Å². The molecule has 0 heterocycles. The molecule has 0 saturated heterocycles. The Labute approximate surface area is 104 Å². The van der Waals surface area contributed by atoms with Gasteiger partial charge >= 0.3 is 11.8 Å². The van der Waals surface area contributed by atoms with Gasteiger partial charge in [-0.1, -0.05) is 6.07 Å². The summed E-state index contributed by atoms with van der Waals surface area (Å²) in [6.45, 7) is -0.127. The van der Waals surface area contributed by atoms with E-state index in [1.807, 2.05) is 12.3 Å². The molecular formula is C11H14N2O3S. The summed E-state index contributed by atoms with van der Waals surface area (Å²) >= 11 is 1.55. The zero-order valence-corrected chi connectivity index (χ0v) is 10.2. The first-order valence-corrected chi connectivity index (χ1v) is 6.24. The Morgan fingerprint density at radius 3 is 2.76 bits per heavy atom. The van der Waals surface area contributed by atoms with E-state index in [0.29, 0.717) is 5.69 Å². The van der Waals surface area contributed by atoms with Crippen LogP contribution in [0.25, 0.3) is 0 Å². The first kappa shape index (κ1) is 13.5. The Morgan fingerprint density at radius 2 is 2.12 bits per heavy atom. The van der Waals surface area contributed by atoms with Crippen molar-refractivity contribution in [3.63, 3.8) is 0 Å². The molecule has 0 aliphatic heterocycles. The molecule has 1 aromatic rings. The normalized spacial score (nSPS) is 9.76. The summed E-state index contributed by atoms with van der Waals surface area (Å²) in [5.74, 6) is -1.50. The second-order valence-electron chi connectivity index (χ2n) is 3.17. The maximum Gasteiger partial charge on any atom is 0.313 e. The summed E-state index contributed by atoms with van der Waals surface area (Å²) in [5, 5.41) is 13.3. The predicted octanol–water partition coefficient (Wildman–Crippen LogP) is 0.455. The van der Waals surface area contributed by atoms with Gasteiger partial charge < -0.3 is 15.7 Å². The Morgan fingerprint density at radius 1 is 1.35 bits per heavy atom. The molecule has 3 N–H and O–H groups in total. The number of benzene rings is 1. The highest BCUT2D eigenvalue weighted by Crippen LogP contribution is 2.18. The highest BCUT2D eigenvalue weighted by atomic mass is 32.2. The molecule has 6 heteroatoms. The maximum atomic E-state index is 11.4. The van der Waals surface area contributed by atoms with Gasteiger partial charge in [0.15, 0.2) is 0 Å². The molecule has 0 aliphatic carbocycles. The first-order valence-electron chi connectivity index (χ1n) is 5.01. The molecule has 0 atom stereocenters. The number of carbonyl (C=O) groups is 2. The predicted molar refractivity (Wildman–Crippen MR) is 66.9 cm³/mol. The summed E-state index contributed by atoms with van der Waals surface area (Å²) in [4.78, 5) is 23.6. The van der Waals surface area contributed by atoms with E-state index < -0.39 is 11.8 Å². The van der Waals surface area contributed by atoms with Crippen LogP contribution in [0.2, 0.25) is 0 Å². The lowest BCUT2D eigenvalue weighted by Gasteiger charge is -2.06. The molecule has 17 heavy (non-hydrogen) atoms. The van der Waals surface area contributed by atoms with Gasteiger partial charge in [0.1, 0.15) is 0 Å². The van der Waals surface area contributed by atoms with Gasteiger partial charge in [0.25, 0.3) is 0 Å². The molecule has 0 radical (unpaired) electrons. The molecule has 0 bridgehead atoms. The number of aliphatic hydroxyl groups is 1. The summed E-state index contributed by atoms with van der Waals surface area (Å²) < 4.78 is 0. The van der Waals surface area contributed by atoms with Crippen molar-refractivity contribution >= 4 is 29.3 Å². The topological polar surface area (TPSA) is 78.4 Å². The molecule has 2 amide bonds. The van der Waals surface area contributed by atoms with Gasteiger partial charge in [-0.3, -0.25) is 9.59 Å². The molecular weight excluding hydrogens is 240 g/mol. The van der Waals surface area contributed by atoms with Crippen LogP contribution in [-0.2, 0) is 9.59 Å². The fraction of sp³-hybridized carbons (Fsp3) is 0.273. The third-order valence-corrected chi connectivity index (χ3v) is 2.66. The molecule has 1 rings (SSSR count). The Hall–Kier alpha value is -1.53. The minimum Gasteiger partial charge on any atom is -0.395 e. The molecule has 0 aromatic heterocycles. The van der Waals surface area contributed by atoms with Gasteiger partial charge in [-0.05, 0) is 24.5 Å². The molecule has 0 fully saturated rings. The number of amides is 2. The number of rotatable bonds is 4. The highest BCUT2D eigenvalue weighted by Gasteiger charge is 2.12. The van der Waals surface area contributed by atoms with Gasteiger partial charge in [-0.2, -0.15) is 0 Å². The van der Waals surface area contributed by atoms with Crippen molar-refractivity contribution in [2.24, 2.45) is 0 Å². The second kappa shape index (κ2) is 6.93. The van der Waals surface area contributed by atoms with E-state index in [-0.39, 0.29) is 13.2 Å². The number of hydrogen-bond acceptors (Lipinski definition) is 4. The largest absolute Gasteiger partial charge is 0.395 e. The van der Waals surface area contributed by atoms with Crippen LogP contribution in [0.4, 0.5) is 5.69 Å². The average molecular weight is 254 g/mol. The second-order valence-corrected chi connectivity index (χ2v) is 4.05. The van der Waals surface area contributed by atoms with E-state index >= 15 is 0 Å². The Balaban J connectivity index is 2.58. The Kier molecular flexibility index (Phi) is 5.51. The summed E-state index contributed by atoms with van der Waals surface area (Å²) in [6.07, 6.45) is 1.93. The lowest BCUT2D eigenvalue weighted by molar-refractivity contribution is -0.136. The smallest absolute Gasteiger partial charge is 0.313 e. The summed E-state index contributed by atoms with van der Waals surface area (Å²) in [6, 6.07) is 7.19. The quantitative estimate of drug-likeness (QED) is 0.538. The first-order chi connectivity index (χ1) is 8.17. The third kappa shape index (κ3) is 4.46. The monoisotopic (exact) mass is 254 g/mol. The molecule has 5 nitrogen and oxygen atoms in total. The number of carbonyl (C=O) groups excluding carboxylic acids is 2. The fourth-order valence-corrected chi connectivity index (χ4v) is 1.60. The van der Waals surface area contributed by atoms with Crippen LogP contribution in [0.15, 0.2) is 29.2 Å². The minimum absolute atomic E-state index is 0.0666. The van der Waals surface area contributed by atoms with Crippen LogP contribution < -0.4 is 10.6 Å². The van der Waals surface area contributed by atoms with E-state index in [0.717, 1.165) is 4.90 Å². The van der Waals surface area contributed by atoms with Crippen LogP contribution in [-0.4, -0.2) is 36.3 Å². The van der Waals surface area contributed by atoms with E-state index in [2.05, 4.69) is 10.6 Å². The summed E-state index contributed by atoms with van der Waals surface area (Å²) in [7, 11) is 0. The summed E-state index contributed by atoms with van der Waals surface area (Å²) in [5.41, 5.74) is 0.570. The van der Waals surface area contributed by atoms with Gasteiger partial charge in [0.2, 0.25) is 0 Å². The van der Waals surface area contributed by atoms with Crippen molar-refractivity contribution in [3.8, 4) is 0 Å². The number of thioether (sulfide) groups is 1. The zero-order valence-electron chi connectivity index (χ0n) is 9.40. The fourth-order valence-electron chi connectivity index (χ4n) is 1.14. The van der Waals surface area contributed by atoms with E-state index in [4.69, 9.17) is 5.11 Å². The number of nitrogens with one attached hydrogen (secondary N) is 2. The Bertz CT molecular complexity index is 409. The van der Waals surface area contributed by atoms with Crippen molar-refractivity contribution in [2.75, 3.05) is 24.7 Å². The van der Waals surface area contributed by atoms with Crippen molar-refractivity contribution in [3.05, 3.63) is 24.3 Å². The highest BCUT2D eigenvalue weighted by molar-refractivity contribution is 7.98. The van der Waals surface area contributed by atoms with Crippen LogP contribution in [0.1, 0.15) is 0 Å². The van der Waals surface area contributed by atoms with E-state index in [1.54, 1.807) is 30.0 Å². The minimum atomic E-state index is -0.756. The molecule has 92 valence electrons. The SMILES string of the molecule is CSc1cccc(NC(=O)C(=O)NCCO)c1. The zero-order chi connectivity index (χ0) is 12.7. The average Bonchev–Trinajstić information content (AvgIpc) is 2.36. The van der Waals surface area contributed by atoms with Crippen LogP contribution >= 0.6 is 11.8 Å². The number of anilines is 1. The van der Waals surface area contributed by atoms with Crippen molar-refractivity contribution in [1.29, 1.82) is 0 Å². The number of hydrogen-bond donors (Lipinski definition) is 3. The van der Waals surface area contributed by atoms with Crippen LogP contribution in [0.5, 0.6) is 0 Å². The van der Waals surface area contributed by atoms with Gasteiger partial charge in [0, 0.05) is 17.1 Å². The lowest BCUT2D eigenvalue weighted by atomic mass is 10.3.